The van der Waals surface area contributed by atoms with Gasteiger partial charge < -0.3 is 38.9 Å². The highest BCUT2D eigenvalue weighted by Crippen LogP contribution is 2.62. The maximum atomic E-state index is 14.6. The van der Waals surface area contributed by atoms with Crippen LogP contribution < -0.4 is 9.47 Å². The summed E-state index contributed by atoms with van der Waals surface area (Å²) in [6, 6.07) is 22.1. The molecule has 7 unspecified atom stereocenters. The van der Waals surface area contributed by atoms with Crippen molar-refractivity contribution in [1.29, 1.82) is 5.26 Å². The van der Waals surface area contributed by atoms with Crippen molar-refractivity contribution in [2.24, 2.45) is 22.9 Å². The van der Waals surface area contributed by atoms with Crippen molar-refractivity contribution in [2.75, 3.05) is 39.7 Å². The Bertz CT molecular complexity index is 2040. The van der Waals surface area contributed by atoms with Crippen LogP contribution in [0.5, 0.6) is 17.2 Å². The van der Waals surface area contributed by atoms with Crippen LogP contribution >= 0.6 is 11.8 Å². The minimum absolute atomic E-state index is 0.0663. The minimum Gasteiger partial charge on any atom is -0.459 e. The molecule has 1 saturated heterocycles. The summed E-state index contributed by atoms with van der Waals surface area (Å²) in [5.74, 6) is -0.122. The fourth-order valence-electron chi connectivity index (χ4n) is 9.52. The van der Waals surface area contributed by atoms with Crippen molar-refractivity contribution in [3.63, 3.8) is 0 Å². The van der Waals surface area contributed by atoms with Gasteiger partial charge in [0.1, 0.15) is 23.3 Å². The van der Waals surface area contributed by atoms with Crippen LogP contribution in [-0.2, 0) is 14.3 Å². The highest BCUT2D eigenvalue weighted by atomic mass is 32.2. The van der Waals surface area contributed by atoms with Gasteiger partial charge in [0.05, 0.1) is 36.5 Å². The number of fused-ring (bicyclic) bond motifs is 2. The van der Waals surface area contributed by atoms with Gasteiger partial charge in [-0.15, -0.1) is 18.3 Å². The second-order valence-electron chi connectivity index (χ2n) is 16.1. The summed E-state index contributed by atoms with van der Waals surface area (Å²) in [6.07, 6.45) is 13.2. The predicted molar refractivity (Wildman–Crippen MR) is 231 cm³/mol. The number of hydrogen-bond acceptors (Lipinski definition) is 11. The van der Waals surface area contributed by atoms with E-state index in [0.29, 0.717) is 47.8 Å². The number of hydrogen-bond donors (Lipinski definition) is 2. The lowest BCUT2D eigenvalue weighted by Crippen LogP contribution is -2.69. The molecule has 0 radical (unpaired) electrons. The number of benzene rings is 3. The van der Waals surface area contributed by atoms with Gasteiger partial charge in [-0.05, 0) is 129 Å². The van der Waals surface area contributed by atoms with Gasteiger partial charge in [0.15, 0.2) is 0 Å². The number of aliphatic hydroxyl groups is 2. The van der Waals surface area contributed by atoms with Crippen LogP contribution in [-0.4, -0.2) is 84.6 Å². The maximum absolute atomic E-state index is 14.6. The molecule has 318 valence electrons. The topological polar surface area (TPSA) is 143 Å². The standard InChI is InChI=1S/C48H57N3O8S/c1-4-26-56-48-43(51(2)47(54)33-16-14-32(31-49)15-17-33)30-41(50-59-44-13-7-10-27-55-44)39-28-34(11-5-8-24-52)38(12-6-9-25-53)45(46(39)48)40-29-36(20-23-42(40)58-48)57-35-18-21-37(60-3)22-19-35/h4,14-23,28-29,34,38,43-46,52-53H,1,5-13,24-27,30H2,2-3H3. The summed E-state index contributed by atoms with van der Waals surface area (Å²) in [5, 5.41) is 34.2. The third kappa shape index (κ3) is 9.31. The molecule has 0 bridgehead atoms. The minimum atomic E-state index is -1.39. The lowest BCUT2D eigenvalue weighted by atomic mass is 9.55. The first-order chi connectivity index (χ1) is 29.3. The third-order valence-electron chi connectivity index (χ3n) is 12.4. The van der Waals surface area contributed by atoms with Gasteiger partial charge in [-0.25, -0.2) is 0 Å². The summed E-state index contributed by atoms with van der Waals surface area (Å²) < 4.78 is 26.8. The molecule has 11 nitrogen and oxygen atoms in total. The SMILES string of the molecule is C=CCOC12Oc3ccc(Oc4ccc(SC)cc4)cc3C3C(CCCCO)C(CCCCO)C=C(C(=NOC4CCCCO4)CC1N(C)C(=O)c1ccc(C#N)cc1)C32. The molecule has 7 atom stereocenters. The van der Waals surface area contributed by atoms with E-state index in [2.05, 4.69) is 24.8 Å². The van der Waals surface area contributed by atoms with Gasteiger partial charge in [0.25, 0.3) is 5.91 Å². The van der Waals surface area contributed by atoms with Crippen molar-refractivity contribution in [1.82, 2.24) is 4.90 Å². The summed E-state index contributed by atoms with van der Waals surface area (Å²) in [5.41, 5.74) is 3.52. The van der Waals surface area contributed by atoms with Crippen LogP contribution in [0, 0.1) is 29.1 Å². The maximum Gasteiger partial charge on any atom is 0.254 e. The van der Waals surface area contributed by atoms with E-state index in [1.54, 1.807) is 54.1 Å². The average molecular weight is 836 g/mol. The molecule has 3 aromatic carbocycles. The number of likely N-dealkylation sites (N-methyl/N-ethyl adjacent to an activating group) is 1. The van der Waals surface area contributed by atoms with E-state index < -0.39 is 24.0 Å². The van der Waals surface area contributed by atoms with Crippen LogP contribution in [0.2, 0.25) is 0 Å². The molecule has 2 N–H and O–H groups in total. The van der Waals surface area contributed by atoms with Crippen LogP contribution in [0.4, 0.5) is 0 Å². The van der Waals surface area contributed by atoms with E-state index in [9.17, 15) is 20.3 Å². The molecule has 1 amide bonds. The van der Waals surface area contributed by atoms with Crippen LogP contribution in [0.3, 0.4) is 0 Å². The summed E-state index contributed by atoms with van der Waals surface area (Å²) >= 11 is 1.67. The zero-order valence-electron chi connectivity index (χ0n) is 34.7. The second kappa shape index (κ2) is 20.3. The monoisotopic (exact) mass is 835 g/mol. The fourth-order valence-corrected chi connectivity index (χ4v) is 9.93. The molecule has 3 aromatic rings. The van der Waals surface area contributed by atoms with Crippen molar-refractivity contribution in [2.45, 2.75) is 93.1 Å². The zero-order chi connectivity index (χ0) is 42.1. The van der Waals surface area contributed by atoms with Crippen molar-refractivity contribution >= 4 is 23.4 Å². The molecule has 2 heterocycles. The fraction of sp³-hybridized carbons (Fsp3) is 0.479. The Hall–Kier alpha value is -4.64. The van der Waals surface area contributed by atoms with E-state index in [1.165, 1.54) is 0 Å². The number of amides is 1. The predicted octanol–water partition coefficient (Wildman–Crippen LogP) is 9.00. The number of aliphatic hydroxyl groups excluding tert-OH is 2. The Kier molecular flexibility index (Phi) is 14.7. The Morgan fingerprint density at radius 1 is 1.03 bits per heavy atom. The summed E-state index contributed by atoms with van der Waals surface area (Å²) in [7, 11) is 1.77. The number of oxime groups is 1. The van der Waals surface area contributed by atoms with E-state index in [0.717, 1.165) is 66.7 Å². The molecule has 2 fully saturated rings. The largest absolute Gasteiger partial charge is 0.459 e. The number of carbonyl (C=O) groups excluding carboxylic acids is 1. The molecule has 7 rings (SSSR count). The average Bonchev–Trinajstić information content (AvgIpc) is 3.29. The first kappa shape index (κ1) is 43.4. The Balaban J connectivity index is 1.41. The van der Waals surface area contributed by atoms with Gasteiger partial charge in [-0.2, -0.15) is 5.26 Å². The first-order valence-corrected chi connectivity index (χ1v) is 22.5. The Morgan fingerprint density at radius 2 is 1.78 bits per heavy atom. The van der Waals surface area contributed by atoms with Gasteiger partial charge in [-0.3, -0.25) is 4.79 Å². The number of unbranched alkanes of at least 4 members (excludes halogenated alkanes) is 2. The van der Waals surface area contributed by atoms with Crippen LogP contribution in [0.25, 0.3) is 0 Å². The van der Waals surface area contributed by atoms with Crippen LogP contribution in [0.1, 0.15) is 91.6 Å². The molecular weight excluding hydrogens is 779 g/mol. The highest BCUT2D eigenvalue weighted by molar-refractivity contribution is 7.98. The molecule has 4 aliphatic rings. The van der Waals surface area contributed by atoms with Crippen molar-refractivity contribution in [3.8, 4) is 23.3 Å². The number of nitriles is 1. The summed E-state index contributed by atoms with van der Waals surface area (Å²) in [6.45, 7) is 4.99. The number of allylic oxidation sites excluding steroid dienone is 1. The van der Waals surface area contributed by atoms with E-state index in [4.69, 9.17) is 28.9 Å². The van der Waals surface area contributed by atoms with Gasteiger partial charge >= 0.3 is 0 Å². The smallest absolute Gasteiger partial charge is 0.254 e. The Labute approximate surface area is 358 Å². The molecule has 1 saturated carbocycles. The molecule has 12 heteroatoms. The molecule has 60 heavy (non-hydrogen) atoms. The second-order valence-corrected chi connectivity index (χ2v) is 16.9. The normalized spacial score (nSPS) is 26.1. The number of rotatable bonds is 18. The zero-order valence-corrected chi connectivity index (χ0v) is 35.5. The lowest BCUT2D eigenvalue weighted by Gasteiger charge is -2.59. The van der Waals surface area contributed by atoms with Crippen LogP contribution in [0.15, 0.2) is 101 Å². The van der Waals surface area contributed by atoms with Gasteiger partial charge in [0.2, 0.25) is 12.1 Å². The van der Waals surface area contributed by atoms with Gasteiger partial charge in [-0.1, -0.05) is 30.1 Å². The number of thioether (sulfide) groups is 1. The first-order valence-electron chi connectivity index (χ1n) is 21.3. The number of carbonyl (C=O) groups is 1. The molecular formula is C48H57N3O8S. The quantitative estimate of drug-likeness (QED) is 0.0552. The number of ether oxygens (including phenoxy) is 4. The number of nitrogens with zero attached hydrogens (tertiary/aromatic N) is 3. The highest BCUT2D eigenvalue weighted by Gasteiger charge is 2.65. The lowest BCUT2D eigenvalue weighted by molar-refractivity contribution is -0.252. The van der Waals surface area contributed by atoms with Gasteiger partial charge in [0, 0.05) is 55.0 Å². The molecule has 2 aliphatic carbocycles. The Morgan fingerprint density at radius 3 is 2.47 bits per heavy atom. The molecule has 0 spiro atoms. The van der Waals surface area contributed by atoms with Crippen molar-refractivity contribution in [3.05, 3.63) is 108 Å². The van der Waals surface area contributed by atoms with E-state index >= 15 is 0 Å². The molecule has 0 aromatic heterocycles. The third-order valence-corrected chi connectivity index (χ3v) is 13.2. The molecule has 2 aliphatic heterocycles. The van der Waals surface area contributed by atoms with E-state index in [1.807, 2.05) is 42.7 Å². The van der Waals surface area contributed by atoms with E-state index in [-0.39, 0.29) is 49.9 Å². The van der Waals surface area contributed by atoms with Crippen molar-refractivity contribution < 1.29 is 38.8 Å². The summed E-state index contributed by atoms with van der Waals surface area (Å²) in [4.78, 5) is 23.6.